The van der Waals surface area contributed by atoms with Gasteiger partial charge in [0, 0.05) is 28.9 Å². The molecule has 0 atom stereocenters. The fraction of sp³-hybridized carbons (Fsp3) is 0.333. The minimum Gasteiger partial charge on any atom is -0.475 e. The Morgan fingerprint density at radius 1 is 1.18 bits per heavy atom. The van der Waals surface area contributed by atoms with Gasteiger partial charge in [0.05, 0.1) is 0 Å². The van der Waals surface area contributed by atoms with Crippen LogP contribution in [0.2, 0.25) is 0 Å². The molecule has 4 rings (SSSR count). The van der Waals surface area contributed by atoms with Crippen LogP contribution in [0.1, 0.15) is 36.2 Å². The van der Waals surface area contributed by atoms with Crippen LogP contribution >= 0.6 is 15.9 Å². The van der Waals surface area contributed by atoms with E-state index in [1.54, 1.807) is 6.07 Å². The van der Waals surface area contributed by atoms with Crippen molar-refractivity contribution in [3.05, 3.63) is 28.4 Å². The quantitative estimate of drug-likeness (QED) is 0.870. The number of carboxylic acid groups (broad SMARTS) is 1. The van der Waals surface area contributed by atoms with Gasteiger partial charge in [-0.1, -0.05) is 5.16 Å². The first-order chi connectivity index (χ1) is 10.6. The van der Waals surface area contributed by atoms with Crippen molar-refractivity contribution in [2.24, 2.45) is 0 Å². The molecule has 6 nitrogen and oxygen atoms in total. The zero-order chi connectivity index (χ0) is 15.3. The molecule has 7 heteroatoms. The summed E-state index contributed by atoms with van der Waals surface area (Å²) in [7, 11) is 0. The Bertz CT molecular complexity index is 763. The smallest absolute Gasteiger partial charge is 0.374 e. The van der Waals surface area contributed by atoms with Crippen molar-refractivity contribution in [2.45, 2.75) is 31.5 Å². The van der Waals surface area contributed by atoms with Crippen LogP contribution in [0.25, 0.3) is 11.3 Å². The summed E-state index contributed by atoms with van der Waals surface area (Å²) in [6.45, 7) is 0. The predicted molar refractivity (Wildman–Crippen MR) is 79.1 cm³/mol. The zero-order valence-corrected chi connectivity index (χ0v) is 13.1. The van der Waals surface area contributed by atoms with E-state index in [1.165, 1.54) is 6.07 Å². The van der Waals surface area contributed by atoms with Gasteiger partial charge in [0.15, 0.2) is 11.5 Å². The van der Waals surface area contributed by atoms with E-state index in [4.69, 9.17) is 19.1 Å². The molecule has 2 heterocycles. The van der Waals surface area contributed by atoms with E-state index in [0.29, 0.717) is 22.8 Å². The molecule has 114 valence electrons. The molecule has 1 spiro atoms. The number of halogens is 1. The third kappa shape index (κ3) is 2.08. The summed E-state index contributed by atoms with van der Waals surface area (Å²) in [5.74, 6) is -0.539. The number of ether oxygens (including phenoxy) is 2. The number of benzene rings is 1. The Morgan fingerprint density at radius 3 is 2.50 bits per heavy atom. The molecule has 1 N–H and O–H groups in total. The van der Waals surface area contributed by atoms with Crippen LogP contribution in [0.4, 0.5) is 0 Å². The minimum absolute atomic E-state index is 0.202. The van der Waals surface area contributed by atoms with E-state index in [1.807, 2.05) is 6.07 Å². The maximum absolute atomic E-state index is 10.9. The third-order valence-electron chi connectivity index (χ3n) is 3.99. The number of nitrogens with zero attached hydrogens (tertiary/aromatic N) is 1. The van der Waals surface area contributed by atoms with E-state index in [0.717, 1.165) is 30.2 Å². The van der Waals surface area contributed by atoms with Crippen molar-refractivity contribution in [2.75, 3.05) is 0 Å². The van der Waals surface area contributed by atoms with Crippen molar-refractivity contribution < 1.29 is 23.9 Å². The largest absolute Gasteiger partial charge is 0.475 e. The van der Waals surface area contributed by atoms with Gasteiger partial charge in [-0.25, -0.2) is 4.79 Å². The summed E-state index contributed by atoms with van der Waals surface area (Å²) < 4.78 is 17.5. The predicted octanol–water partition coefficient (Wildman–Crippen LogP) is 3.84. The topological polar surface area (TPSA) is 81.8 Å². The van der Waals surface area contributed by atoms with Crippen LogP contribution in [-0.2, 0) is 0 Å². The van der Waals surface area contributed by atoms with Gasteiger partial charge in [-0.3, -0.25) is 0 Å². The summed E-state index contributed by atoms with van der Waals surface area (Å²) in [5, 5.41) is 12.7. The molecule has 0 radical (unpaired) electrons. The van der Waals surface area contributed by atoms with Crippen LogP contribution in [0.15, 0.2) is 27.2 Å². The lowest BCUT2D eigenvalue weighted by atomic mass is 10.1. The van der Waals surface area contributed by atoms with Gasteiger partial charge in [0.25, 0.3) is 5.79 Å². The van der Waals surface area contributed by atoms with Gasteiger partial charge >= 0.3 is 5.97 Å². The fourth-order valence-corrected chi connectivity index (χ4v) is 3.46. The van der Waals surface area contributed by atoms with Gasteiger partial charge in [-0.05, 0) is 40.9 Å². The fourth-order valence-electron chi connectivity index (χ4n) is 2.93. The minimum atomic E-state index is -1.15. The molecule has 1 aromatic carbocycles. The number of hydrogen-bond acceptors (Lipinski definition) is 5. The highest BCUT2D eigenvalue weighted by Gasteiger charge is 2.44. The van der Waals surface area contributed by atoms with Crippen molar-refractivity contribution in [1.82, 2.24) is 5.16 Å². The van der Waals surface area contributed by atoms with Crippen LogP contribution in [0, 0.1) is 0 Å². The first-order valence-electron chi connectivity index (χ1n) is 6.98. The Labute approximate surface area is 134 Å². The van der Waals surface area contributed by atoms with E-state index >= 15 is 0 Å². The van der Waals surface area contributed by atoms with E-state index in [2.05, 4.69) is 21.1 Å². The first-order valence-corrected chi connectivity index (χ1v) is 7.78. The Hall–Kier alpha value is -2.02. The van der Waals surface area contributed by atoms with Crippen molar-refractivity contribution in [3.8, 4) is 22.8 Å². The van der Waals surface area contributed by atoms with Gasteiger partial charge in [-0.2, -0.15) is 0 Å². The highest BCUT2D eigenvalue weighted by atomic mass is 79.9. The molecule has 2 aliphatic rings. The molecular weight excluding hydrogens is 354 g/mol. The summed E-state index contributed by atoms with van der Waals surface area (Å²) >= 11 is 3.47. The number of fused-ring (bicyclic) bond motifs is 1. The molecule has 0 amide bonds. The lowest BCUT2D eigenvalue weighted by Crippen LogP contribution is -2.34. The lowest BCUT2D eigenvalue weighted by molar-refractivity contribution is -0.0716. The molecule has 0 unspecified atom stereocenters. The number of aromatic carboxylic acids is 1. The Kier molecular flexibility index (Phi) is 2.94. The molecule has 1 aromatic heterocycles. The number of carbonyl (C=O) groups is 1. The normalized spacial score (nSPS) is 18.0. The summed E-state index contributed by atoms with van der Waals surface area (Å²) in [5.41, 5.74) is 1.14. The zero-order valence-electron chi connectivity index (χ0n) is 11.5. The molecule has 2 aromatic rings. The summed E-state index contributed by atoms with van der Waals surface area (Å²) in [6, 6.07) is 5.01. The molecule has 1 fully saturated rings. The summed E-state index contributed by atoms with van der Waals surface area (Å²) in [4.78, 5) is 10.9. The Morgan fingerprint density at radius 2 is 1.86 bits per heavy atom. The third-order valence-corrected chi connectivity index (χ3v) is 4.64. The average Bonchev–Trinajstić information content (AvgIpc) is 3.18. The van der Waals surface area contributed by atoms with E-state index < -0.39 is 11.8 Å². The lowest BCUT2D eigenvalue weighted by Gasteiger charge is -2.21. The van der Waals surface area contributed by atoms with Crippen LogP contribution in [-0.4, -0.2) is 22.0 Å². The highest BCUT2D eigenvalue weighted by Crippen LogP contribution is 2.49. The number of aromatic nitrogens is 1. The summed E-state index contributed by atoms with van der Waals surface area (Å²) in [6.07, 6.45) is 3.93. The molecule has 1 saturated carbocycles. The molecule has 0 saturated heterocycles. The molecular formula is C15H12BrNO5. The molecule has 1 aliphatic heterocycles. The van der Waals surface area contributed by atoms with E-state index in [-0.39, 0.29) is 5.76 Å². The van der Waals surface area contributed by atoms with Gasteiger partial charge < -0.3 is 19.1 Å². The van der Waals surface area contributed by atoms with Gasteiger partial charge in [0.2, 0.25) is 5.76 Å². The van der Waals surface area contributed by atoms with Gasteiger partial charge in [0.1, 0.15) is 5.69 Å². The first kappa shape index (κ1) is 13.6. The standard InChI is InChI=1S/C15H12BrNO5/c16-9-6-12-11(20-15(21-12)3-1-2-4-15)5-8(9)10-7-13(14(18)19)22-17-10/h5-7H,1-4H2,(H,18,19). The van der Waals surface area contributed by atoms with Crippen LogP contribution < -0.4 is 9.47 Å². The maximum atomic E-state index is 10.9. The van der Waals surface area contributed by atoms with Crippen LogP contribution in [0.3, 0.4) is 0 Å². The number of rotatable bonds is 2. The second kappa shape index (κ2) is 4.74. The average molecular weight is 366 g/mol. The Balaban J connectivity index is 1.72. The van der Waals surface area contributed by atoms with Crippen molar-refractivity contribution in [3.63, 3.8) is 0 Å². The van der Waals surface area contributed by atoms with Gasteiger partial charge in [-0.15, -0.1) is 0 Å². The van der Waals surface area contributed by atoms with E-state index in [9.17, 15) is 4.79 Å². The molecule has 1 aliphatic carbocycles. The SMILES string of the molecule is O=C(O)c1cc(-c2cc3c(cc2Br)OC2(CCCC2)O3)no1. The van der Waals surface area contributed by atoms with Crippen molar-refractivity contribution in [1.29, 1.82) is 0 Å². The highest BCUT2D eigenvalue weighted by molar-refractivity contribution is 9.10. The molecule has 0 bridgehead atoms. The number of carboxylic acids is 1. The van der Waals surface area contributed by atoms with Crippen molar-refractivity contribution >= 4 is 21.9 Å². The second-order valence-corrected chi connectivity index (χ2v) is 6.34. The second-order valence-electron chi connectivity index (χ2n) is 5.48. The maximum Gasteiger partial charge on any atom is 0.374 e. The molecule has 22 heavy (non-hydrogen) atoms. The monoisotopic (exact) mass is 365 g/mol. The van der Waals surface area contributed by atoms with Crippen LogP contribution in [0.5, 0.6) is 11.5 Å². The number of hydrogen-bond donors (Lipinski definition) is 1.